The fraction of sp³-hybridized carbons (Fsp3) is 0.950. The summed E-state index contributed by atoms with van der Waals surface area (Å²) in [5, 5.41) is 0. The third-order valence-electron chi connectivity index (χ3n) is 6.23. The molecule has 0 saturated carbocycles. The van der Waals surface area contributed by atoms with Crippen molar-refractivity contribution < 1.29 is 14.3 Å². The van der Waals surface area contributed by atoms with Crippen molar-refractivity contribution >= 4 is 5.97 Å². The van der Waals surface area contributed by atoms with Crippen LogP contribution in [0, 0.1) is 0 Å². The van der Waals surface area contributed by atoms with Crippen LogP contribution in [0.5, 0.6) is 0 Å². The first-order valence-corrected chi connectivity index (χ1v) is 10.8. The first kappa shape index (κ1) is 21.0. The number of piperidine rings is 1. The Kier molecular flexibility index (Phi) is 8.80. The van der Waals surface area contributed by atoms with Crippen molar-refractivity contribution in [2.24, 2.45) is 0 Å². The van der Waals surface area contributed by atoms with Crippen LogP contribution in [-0.2, 0) is 14.3 Å². The van der Waals surface area contributed by atoms with Gasteiger partial charge in [-0.05, 0) is 39.4 Å². The van der Waals surface area contributed by atoms with Gasteiger partial charge in [0.2, 0.25) is 0 Å². The number of rotatable bonds is 8. The Morgan fingerprint density at radius 1 is 0.926 bits per heavy atom. The van der Waals surface area contributed by atoms with Crippen molar-refractivity contribution in [2.45, 2.75) is 31.7 Å². The highest BCUT2D eigenvalue weighted by Gasteiger charge is 2.26. The Balaban J connectivity index is 1.20. The maximum Gasteiger partial charge on any atom is 0.307 e. The summed E-state index contributed by atoms with van der Waals surface area (Å²) < 4.78 is 10.8. The highest BCUT2D eigenvalue weighted by Crippen LogP contribution is 2.17. The highest BCUT2D eigenvalue weighted by atomic mass is 16.5. The van der Waals surface area contributed by atoms with Crippen LogP contribution in [0.4, 0.5) is 0 Å². The molecule has 0 N–H and O–H groups in total. The van der Waals surface area contributed by atoms with Crippen LogP contribution in [-0.4, -0.2) is 124 Å². The Labute approximate surface area is 164 Å². The SMILES string of the molecule is CN1CCC(N2CCN(CCC(=O)OCCCN3CCOCC3)CC2)CC1. The van der Waals surface area contributed by atoms with Gasteiger partial charge in [-0.3, -0.25) is 14.6 Å². The normalized spacial score (nSPS) is 24.9. The summed E-state index contributed by atoms with van der Waals surface area (Å²) in [6.07, 6.45) is 4.04. The summed E-state index contributed by atoms with van der Waals surface area (Å²) in [6.45, 7) is 12.9. The molecule has 3 heterocycles. The van der Waals surface area contributed by atoms with Crippen molar-refractivity contribution in [1.82, 2.24) is 19.6 Å². The van der Waals surface area contributed by atoms with E-state index in [4.69, 9.17) is 9.47 Å². The van der Waals surface area contributed by atoms with Crippen LogP contribution in [0.25, 0.3) is 0 Å². The van der Waals surface area contributed by atoms with E-state index in [1.807, 2.05) is 0 Å². The average Bonchev–Trinajstić information content (AvgIpc) is 2.71. The minimum absolute atomic E-state index is 0.0466. The molecule has 3 saturated heterocycles. The molecule has 7 nitrogen and oxygen atoms in total. The molecule has 3 aliphatic rings. The molecule has 0 bridgehead atoms. The summed E-state index contributed by atoms with van der Waals surface area (Å²) in [5.41, 5.74) is 0. The molecule has 3 fully saturated rings. The number of hydrogen-bond donors (Lipinski definition) is 0. The van der Waals surface area contributed by atoms with Gasteiger partial charge in [-0.1, -0.05) is 0 Å². The Hall–Kier alpha value is -0.730. The molecule has 0 amide bonds. The zero-order chi connectivity index (χ0) is 18.9. The number of piperazine rings is 1. The fourth-order valence-electron chi connectivity index (χ4n) is 4.33. The molecule has 156 valence electrons. The number of carbonyl (C=O) groups is 1. The fourth-order valence-corrected chi connectivity index (χ4v) is 4.33. The molecule has 0 aromatic carbocycles. The lowest BCUT2D eigenvalue weighted by molar-refractivity contribution is -0.144. The molecule has 3 rings (SSSR count). The van der Waals surface area contributed by atoms with Crippen molar-refractivity contribution in [1.29, 1.82) is 0 Å². The topological polar surface area (TPSA) is 48.5 Å². The van der Waals surface area contributed by atoms with E-state index in [2.05, 4.69) is 26.6 Å². The third kappa shape index (κ3) is 7.31. The molecule has 0 aliphatic carbocycles. The minimum Gasteiger partial charge on any atom is -0.466 e. The van der Waals surface area contributed by atoms with E-state index < -0.39 is 0 Å². The van der Waals surface area contributed by atoms with E-state index in [1.165, 1.54) is 25.9 Å². The van der Waals surface area contributed by atoms with Crippen LogP contribution in [0.3, 0.4) is 0 Å². The molecular formula is C20H38N4O3. The van der Waals surface area contributed by atoms with E-state index >= 15 is 0 Å². The van der Waals surface area contributed by atoms with Gasteiger partial charge in [0.05, 0.1) is 26.2 Å². The molecule has 0 aromatic heterocycles. The maximum atomic E-state index is 12.0. The molecule has 0 radical (unpaired) electrons. The molecule has 0 spiro atoms. The summed E-state index contributed by atoms with van der Waals surface area (Å²) in [4.78, 5) is 21.9. The predicted molar refractivity (Wildman–Crippen MR) is 106 cm³/mol. The zero-order valence-corrected chi connectivity index (χ0v) is 17.1. The second-order valence-corrected chi connectivity index (χ2v) is 8.19. The number of nitrogens with zero attached hydrogens (tertiary/aromatic N) is 4. The molecular weight excluding hydrogens is 344 g/mol. The van der Waals surface area contributed by atoms with Gasteiger partial charge in [0.25, 0.3) is 0 Å². The minimum atomic E-state index is -0.0466. The van der Waals surface area contributed by atoms with Crippen molar-refractivity contribution in [3.63, 3.8) is 0 Å². The van der Waals surface area contributed by atoms with Crippen LogP contribution < -0.4 is 0 Å². The molecule has 0 aromatic rings. The quantitative estimate of drug-likeness (QED) is 0.444. The molecule has 27 heavy (non-hydrogen) atoms. The summed E-state index contributed by atoms with van der Waals surface area (Å²) >= 11 is 0. The zero-order valence-electron chi connectivity index (χ0n) is 17.1. The molecule has 3 aliphatic heterocycles. The Morgan fingerprint density at radius 2 is 1.59 bits per heavy atom. The van der Waals surface area contributed by atoms with Gasteiger partial charge in [0, 0.05) is 58.4 Å². The molecule has 7 heteroatoms. The van der Waals surface area contributed by atoms with E-state index in [1.54, 1.807) is 0 Å². The first-order valence-electron chi connectivity index (χ1n) is 10.8. The molecule has 0 atom stereocenters. The Morgan fingerprint density at radius 3 is 2.30 bits per heavy atom. The first-order chi connectivity index (χ1) is 13.2. The van der Waals surface area contributed by atoms with E-state index in [0.717, 1.165) is 78.0 Å². The standard InChI is InChI=1S/C20H38N4O3/c1-21-7-3-19(4-8-21)24-12-10-23(11-13-24)9-5-20(25)27-16-2-6-22-14-17-26-18-15-22/h19H,2-18H2,1H3. The highest BCUT2D eigenvalue weighted by molar-refractivity contribution is 5.69. The smallest absolute Gasteiger partial charge is 0.307 e. The van der Waals surface area contributed by atoms with Gasteiger partial charge in [-0.2, -0.15) is 0 Å². The lowest BCUT2D eigenvalue weighted by Crippen LogP contribution is -2.53. The second-order valence-electron chi connectivity index (χ2n) is 8.19. The van der Waals surface area contributed by atoms with Crippen LogP contribution >= 0.6 is 0 Å². The van der Waals surface area contributed by atoms with Gasteiger partial charge >= 0.3 is 5.97 Å². The van der Waals surface area contributed by atoms with Crippen LogP contribution in [0.15, 0.2) is 0 Å². The number of morpholine rings is 1. The number of ether oxygens (including phenoxy) is 2. The summed E-state index contributed by atoms with van der Waals surface area (Å²) in [7, 11) is 2.22. The number of hydrogen-bond acceptors (Lipinski definition) is 7. The number of carbonyl (C=O) groups excluding carboxylic acids is 1. The van der Waals surface area contributed by atoms with Gasteiger partial charge in [0.15, 0.2) is 0 Å². The monoisotopic (exact) mass is 382 g/mol. The number of esters is 1. The number of likely N-dealkylation sites (tertiary alicyclic amines) is 1. The van der Waals surface area contributed by atoms with E-state index in [-0.39, 0.29) is 5.97 Å². The van der Waals surface area contributed by atoms with Crippen molar-refractivity contribution in [3.8, 4) is 0 Å². The Bertz CT molecular complexity index is 429. The van der Waals surface area contributed by atoms with Gasteiger partial charge in [-0.15, -0.1) is 0 Å². The summed E-state index contributed by atoms with van der Waals surface area (Å²) in [5.74, 6) is -0.0466. The predicted octanol–water partition coefficient (Wildman–Crippen LogP) is 0.354. The lowest BCUT2D eigenvalue weighted by Gasteiger charge is -2.42. The second kappa shape index (κ2) is 11.3. The van der Waals surface area contributed by atoms with Crippen molar-refractivity contribution in [2.75, 3.05) is 92.3 Å². The molecule has 0 unspecified atom stereocenters. The van der Waals surface area contributed by atoms with Crippen molar-refractivity contribution in [3.05, 3.63) is 0 Å². The largest absolute Gasteiger partial charge is 0.466 e. The van der Waals surface area contributed by atoms with E-state index in [9.17, 15) is 4.79 Å². The van der Waals surface area contributed by atoms with Crippen LogP contribution in [0.2, 0.25) is 0 Å². The van der Waals surface area contributed by atoms with Gasteiger partial charge in [-0.25, -0.2) is 0 Å². The third-order valence-corrected chi connectivity index (χ3v) is 6.23. The van der Waals surface area contributed by atoms with Gasteiger partial charge < -0.3 is 19.3 Å². The van der Waals surface area contributed by atoms with E-state index in [0.29, 0.717) is 13.0 Å². The average molecular weight is 383 g/mol. The lowest BCUT2D eigenvalue weighted by atomic mass is 10.0. The van der Waals surface area contributed by atoms with Crippen LogP contribution in [0.1, 0.15) is 25.7 Å². The van der Waals surface area contributed by atoms with Gasteiger partial charge in [0.1, 0.15) is 0 Å². The summed E-state index contributed by atoms with van der Waals surface area (Å²) in [6, 6.07) is 0.764. The maximum absolute atomic E-state index is 12.0.